The van der Waals surface area contributed by atoms with Crippen LogP contribution in [0, 0.1) is 0 Å². The van der Waals surface area contributed by atoms with Gasteiger partial charge in [0.05, 0.1) is 18.0 Å². The second-order valence-electron chi connectivity index (χ2n) is 7.54. The van der Waals surface area contributed by atoms with E-state index in [2.05, 4.69) is 62.8 Å². The fourth-order valence-electron chi connectivity index (χ4n) is 5.63. The number of halogens is 1. The summed E-state index contributed by atoms with van der Waals surface area (Å²) in [6.07, 6.45) is 8.70. The number of fused-ring (bicyclic) bond motifs is 1. The molecule has 3 atom stereocenters. The Hall–Kier alpha value is -0.860. The van der Waals surface area contributed by atoms with Gasteiger partial charge in [0.15, 0.2) is 0 Å². The lowest BCUT2D eigenvalue weighted by molar-refractivity contribution is 0.208. The number of para-hydroxylation sites is 1. The molecule has 0 bridgehead atoms. The highest BCUT2D eigenvalue weighted by Gasteiger charge is 2.63. The normalized spacial score (nSPS) is 32.9. The highest BCUT2D eigenvalue weighted by Crippen LogP contribution is 2.59. The van der Waals surface area contributed by atoms with Gasteiger partial charge in [0.1, 0.15) is 0 Å². The summed E-state index contributed by atoms with van der Waals surface area (Å²) in [7, 11) is -3.31. The predicted molar refractivity (Wildman–Crippen MR) is 115 cm³/mol. The van der Waals surface area contributed by atoms with Crippen LogP contribution in [0.25, 0.3) is 0 Å². The molecule has 0 N–H and O–H groups in total. The van der Waals surface area contributed by atoms with Gasteiger partial charge in [-0.05, 0) is 41.9 Å². The summed E-state index contributed by atoms with van der Waals surface area (Å²) >= 11 is 2.27. The molecule has 2 fully saturated rings. The number of allylic oxidation sites excluding steroid dienone is 1. The quantitative estimate of drug-likeness (QED) is 0.484. The first-order chi connectivity index (χ1) is 12.4. The van der Waals surface area contributed by atoms with Crippen LogP contribution in [0.2, 0.25) is 0 Å². The maximum Gasteiger partial charge on any atom is 0.232 e. The largest absolute Gasteiger partial charge is 0.292 e. The van der Waals surface area contributed by atoms with Gasteiger partial charge in [0, 0.05) is 24.5 Å². The molecule has 1 aliphatic carbocycles. The van der Waals surface area contributed by atoms with Crippen molar-refractivity contribution in [2.24, 2.45) is 0 Å². The highest BCUT2D eigenvalue weighted by molar-refractivity contribution is 14.1. The lowest BCUT2D eigenvalue weighted by Crippen LogP contribution is -2.56. The Labute approximate surface area is 170 Å². The first-order valence-corrected chi connectivity index (χ1v) is 12.3. The molecule has 1 saturated heterocycles. The van der Waals surface area contributed by atoms with Crippen molar-refractivity contribution in [3.05, 3.63) is 51.6 Å². The summed E-state index contributed by atoms with van der Waals surface area (Å²) in [4.78, 5) is 2.54. The highest BCUT2D eigenvalue weighted by atomic mass is 127. The molecule has 2 aliphatic heterocycles. The van der Waals surface area contributed by atoms with Crippen LogP contribution in [0.15, 0.2) is 46.1 Å². The SMILES string of the molecule is C/C=C1\CC[C@@H]2N(S(C)(=O)=O)c3ccccc3[C@@]23CCN(C/C=C\I)[C@@H]13. The Morgan fingerprint density at radius 2 is 2.12 bits per heavy atom. The lowest BCUT2D eigenvalue weighted by atomic mass is 9.63. The lowest BCUT2D eigenvalue weighted by Gasteiger charge is -2.47. The van der Waals surface area contributed by atoms with Gasteiger partial charge in [0.2, 0.25) is 10.0 Å². The fraction of sp³-hybridized carbons (Fsp3) is 0.500. The predicted octanol–water partition coefficient (Wildman–Crippen LogP) is 3.84. The van der Waals surface area contributed by atoms with E-state index < -0.39 is 10.0 Å². The summed E-state index contributed by atoms with van der Waals surface area (Å²) in [5, 5.41) is 0. The molecule has 140 valence electrons. The average molecular weight is 484 g/mol. The van der Waals surface area contributed by atoms with Crippen molar-refractivity contribution in [3.8, 4) is 0 Å². The molecule has 0 aromatic heterocycles. The maximum absolute atomic E-state index is 12.7. The molecule has 1 aromatic carbocycles. The minimum Gasteiger partial charge on any atom is -0.292 e. The number of anilines is 1. The fourth-order valence-corrected chi connectivity index (χ4v) is 7.13. The van der Waals surface area contributed by atoms with Crippen LogP contribution in [0.3, 0.4) is 0 Å². The minimum atomic E-state index is -3.31. The van der Waals surface area contributed by atoms with Crippen LogP contribution < -0.4 is 4.31 Å². The van der Waals surface area contributed by atoms with Crippen molar-refractivity contribution in [3.63, 3.8) is 0 Å². The molecule has 2 heterocycles. The van der Waals surface area contributed by atoms with Crippen molar-refractivity contribution < 1.29 is 8.42 Å². The average Bonchev–Trinajstić information content (AvgIpc) is 3.14. The number of hydrogen-bond donors (Lipinski definition) is 0. The van der Waals surface area contributed by atoms with E-state index in [1.807, 2.05) is 12.1 Å². The summed E-state index contributed by atoms with van der Waals surface area (Å²) < 4.78 is 29.3. The Morgan fingerprint density at radius 1 is 1.35 bits per heavy atom. The van der Waals surface area contributed by atoms with Gasteiger partial charge < -0.3 is 0 Å². The van der Waals surface area contributed by atoms with E-state index in [4.69, 9.17) is 0 Å². The zero-order chi connectivity index (χ0) is 18.5. The van der Waals surface area contributed by atoms with Gasteiger partial charge in [-0.15, -0.1) is 0 Å². The van der Waals surface area contributed by atoms with Crippen LogP contribution in [-0.2, 0) is 15.4 Å². The summed E-state index contributed by atoms with van der Waals surface area (Å²) in [5.41, 5.74) is 3.46. The number of benzene rings is 1. The smallest absolute Gasteiger partial charge is 0.232 e. The van der Waals surface area contributed by atoms with Gasteiger partial charge in [-0.2, -0.15) is 0 Å². The van der Waals surface area contributed by atoms with Crippen LogP contribution in [0.4, 0.5) is 5.69 Å². The van der Waals surface area contributed by atoms with E-state index >= 15 is 0 Å². The van der Waals surface area contributed by atoms with E-state index in [1.165, 1.54) is 17.4 Å². The number of nitrogens with zero attached hydrogens (tertiary/aromatic N) is 2. The molecule has 1 aromatic rings. The second-order valence-corrected chi connectivity index (χ2v) is 10.1. The Kier molecular flexibility index (Phi) is 4.72. The topological polar surface area (TPSA) is 40.6 Å². The molecule has 4 rings (SSSR count). The molecular weight excluding hydrogens is 459 g/mol. The van der Waals surface area contributed by atoms with Crippen molar-refractivity contribution in [1.82, 2.24) is 4.90 Å². The first kappa shape index (κ1) is 18.5. The number of hydrogen-bond acceptors (Lipinski definition) is 3. The first-order valence-electron chi connectivity index (χ1n) is 9.18. The van der Waals surface area contributed by atoms with Crippen molar-refractivity contribution in [1.29, 1.82) is 0 Å². The van der Waals surface area contributed by atoms with Gasteiger partial charge >= 0.3 is 0 Å². The van der Waals surface area contributed by atoms with Gasteiger partial charge in [-0.25, -0.2) is 8.42 Å². The Bertz CT molecular complexity index is 880. The zero-order valence-corrected chi connectivity index (χ0v) is 18.2. The molecule has 4 nitrogen and oxygen atoms in total. The van der Waals surface area contributed by atoms with Crippen LogP contribution in [0.1, 0.15) is 31.7 Å². The summed E-state index contributed by atoms with van der Waals surface area (Å²) in [6, 6.07) is 8.48. The van der Waals surface area contributed by atoms with Crippen molar-refractivity contribution >= 4 is 38.3 Å². The van der Waals surface area contributed by atoms with E-state index in [0.29, 0.717) is 0 Å². The van der Waals surface area contributed by atoms with Crippen LogP contribution in [-0.4, -0.2) is 44.7 Å². The third-order valence-electron chi connectivity index (χ3n) is 6.40. The monoisotopic (exact) mass is 484 g/mol. The van der Waals surface area contributed by atoms with Crippen LogP contribution in [0.5, 0.6) is 0 Å². The van der Waals surface area contributed by atoms with Crippen molar-refractivity contribution in [2.45, 2.75) is 43.7 Å². The molecule has 0 unspecified atom stereocenters. The number of likely N-dealkylation sites (tertiary alicyclic amines) is 1. The third-order valence-corrected chi connectivity index (χ3v) is 8.08. The second kappa shape index (κ2) is 6.63. The van der Waals surface area contributed by atoms with E-state index in [-0.39, 0.29) is 17.5 Å². The van der Waals surface area contributed by atoms with Crippen molar-refractivity contribution in [2.75, 3.05) is 23.7 Å². The molecular formula is C20H25IN2O2S. The standard InChI is InChI=1S/C20H25IN2O2S/c1-3-15-9-10-18-20(11-14-22(19(15)20)13-6-12-21)16-7-4-5-8-17(16)23(18)26(2,24)25/h3-8,12,18-19H,9-11,13-14H2,1-2H3/b12-6-,15-3+/t18-,19-,20-/m0/s1. The van der Waals surface area contributed by atoms with Gasteiger partial charge in [-0.3, -0.25) is 9.21 Å². The summed E-state index contributed by atoms with van der Waals surface area (Å²) in [5.74, 6) is 0. The molecule has 0 amide bonds. The Morgan fingerprint density at radius 3 is 2.81 bits per heavy atom. The van der Waals surface area contributed by atoms with Gasteiger partial charge in [0.25, 0.3) is 0 Å². The van der Waals surface area contributed by atoms with E-state index in [1.54, 1.807) is 4.31 Å². The summed E-state index contributed by atoms with van der Waals surface area (Å²) in [6.45, 7) is 4.05. The van der Waals surface area contributed by atoms with Crippen LogP contribution >= 0.6 is 22.6 Å². The molecule has 6 heteroatoms. The molecule has 26 heavy (non-hydrogen) atoms. The van der Waals surface area contributed by atoms with Gasteiger partial charge in [-0.1, -0.05) is 58.5 Å². The van der Waals surface area contributed by atoms with E-state index in [9.17, 15) is 8.42 Å². The molecule has 3 aliphatic rings. The number of sulfonamides is 1. The molecule has 1 saturated carbocycles. The molecule has 1 spiro atoms. The maximum atomic E-state index is 12.7. The minimum absolute atomic E-state index is 0.0252. The number of rotatable bonds is 3. The third kappa shape index (κ3) is 2.52. The van der Waals surface area contributed by atoms with E-state index in [0.717, 1.165) is 38.0 Å². The molecule has 0 radical (unpaired) electrons. The zero-order valence-electron chi connectivity index (χ0n) is 15.2. The Balaban J connectivity index is 1.92.